The summed E-state index contributed by atoms with van der Waals surface area (Å²) in [6.45, 7) is -0.285. The quantitative estimate of drug-likeness (QED) is 0.724. The molecule has 26 heavy (non-hydrogen) atoms. The van der Waals surface area contributed by atoms with Crippen molar-refractivity contribution in [3.8, 4) is 0 Å². The Hall–Kier alpha value is -2.65. The molecule has 10 heteroatoms. The zero-order valence-electron chi connectivity index (χ0n) is 13.5. The number of benzene rings is 2. The third kappa shape index (κ3) is 4.93. The minimum Gasteiger partial charge on any atom is -0.468 e. The van der Waals surface area contributed by atoms with Crippen LogP contribution in [0.3, 0.4) is 0 Å². The van der Waals surface area contributed by atoms with E-state index < -0.39 is 27.7 Å². The van der Waals surface area contributed by atoms with Gasteiger partial charge < -0.3 is 10.1 Å². The first-order valence-electron chi connectivity index (χ1n) is 7.16. The molecule has 2 N–H and O–H groups in total. The van der Waals surface area contributed by atoms with Crippen LogP contribution in [0.1, 0.15) is 10.4 Å². The number of hydrogen-bond acceptors (Lipinski definition) is 5. The summed E-state index contributed by atoms with van der Waals surface area (Å²) in [6.07, 6.45) is 0. The molecular formula is C16H14ClFN2O5S. The first-order chi connectivity index (χ1) is 12.2. The molecule has 0 saturated heterocycles. The summed E-state index contributed by atoms with van der Waals surface area (Å²) in [4.78, 5) is 22.6. The number of methoxy groups -OCH3 is 1. The van der Waals surface area contributed by atoms with Gasteiger partial charge >= 0.3 is 5.97 Å². The SMILES string of the molecule is COC(=O)CNC(=O)c1ccc(NS(=O)(=O)c2ccc(F)cc2Cl)cc1. The van der Waals surface area contributed by atoms with Crippen molar-refractivity contribution < 1.29 is 27.1 Å². The molecule has 0 aromatic heterocycles. The number of esters is 1. The van der Waals surface area contributed by atoms with Crippen LogP contribution in [-0.4, -0.2) is 33.9 Å². The molecule has 0 atom stereocenters. The number of sulfonamides is 1. The van der Waals surface area contributed by atoms with Gasteiger partial charge in [0.2, 0.25) is 0 Å². The fourth-order valence-corrected chi connectivity index (χ4v) is 3.51. The average molecular weight is 401 g/mol. The zero-order valence-corrected chi connectivity index (χ0v) is 15.0. The van der Waals surface area contributed by atoms with Gasteiger partial charge in [-0.2, -0.15) is 0 Å². The fourth-order valence-electron chi connectivity index (χ4n) is 1.92. The molecule has 0 aliphatic carbocycles. The van der Waals surface area contributed by atoms with Crippen molar-refractivity contribution in [1.82, 2.24) is 5.32 Å². The van der Waals surface area contributed by atoms with Crippen LogP contribution in [0, 0.1) is 5.82 Å². The maximum atomic E-state index is 13.1. The van der Waals surface area contributed by atoms with Crippen molar-refractivity contribution in [3.63, 3.8) is 0 Å². The molecule has 2 rings (SSSR count). The normalized spacial score (nSPS) is 10.9. The van der Waals surface area contributed by atoms with Gasteiger partial charge in [0.15, 0.2) is 0 Å². The van der Waals surface area contributed by atoms with Crippen molar-refractivity contribution in [2.24, 2.45) is 0 Å². The maximum Gasteiger partial charge on any atom is 0.325 e. The lowest BCUT2D eigenvalue weighted by Crippen LogP contribution is -2.30. The number of carbonyl (C=O) groups excluding carboxylic acids is 2. The highest BCUT2D eigenvalue weighted by Crippen LogP contribution is 2.24. The van der Waals surface area contributed by atoms with Crippen molar-refractivity contribution in [2.75, 3.05) is 18.4 Å². The lowest BCUT2D eigenvalue weighted by Gasteiger charge is -2.10. The number of ether oxygens (including phenoxy) is 1. The summed E-state index contributed by atoms with van der Waals surface area (Å²) < 4.78 is 44.4. The van der Waals surface area contributed by atoms with Gasteiger partial charge in [-0.3, -0.25) is 14.3 Å². The Labute approximate surface area is 154 Å². The van der Waals surface area contributed by atoms with E-state index >= 15 is 0 Å². The van der Waals surface area contributed by atoms with Crippen LogP contribution >= 0.6 is 11.6 Å². The minimum atomic E-state index is -4.03. The van der Waals surface area contributed by atoms with E-state index in [1.807, 2.05) is 0 Å². The van der Waals surface area contributed by atoms with E-state index in [1.54, 1.807) is 0 Å². The minimum absolute atomic E-state index is 0.176. The second-order valence-electron chi connectivity index (χ2n) is 5.02. The Morgan fingerprint density at radius 2 is 1.81 bits per heavy atom. The van der Waals surface area contributed by atoms with Gasteiger partial charge in [0, 0.05) is 11.3 Å². The number of hydrogen-bond donors (Lipinski definition) is 2. The Bertz CT molecular complexity index is 932. The third-order valence-corrected chi connectivity index (χ3v) is 5.07. The molecule has 2 aromatic rings. The van der Waals surface area contributed by atoms with Gasteiger partial charge in [0.1, 0.15) is 17.3 Å². The molecule has 0 saturated carbocycles. The molecule has 0 radical (unpaired) electrons. The monoisotopic (exact) mass is 400 g/mol. The molecular weight excluding hydrogens is 387 g/mol. The first kappa shape index (κ1) is 19.7. The van der Waals surface area contributed by atoms with E-state index in [4.69, 9.17) is 11.6 Å². The molecule has 0 spiro atoms. The summed E-state index contributed by atoms with van der Waals surface area (Å²) in [5, 5.41) is 2.10. The molecule has 2 aromatic carbocycles. The van der Waals surface area contributed by atoms with Crippen LogP contribution < -0.4 is 10.0 Å². The Morgan fingerprint density at radius 1 is 1.15 bits per heavy atom. The number of rotatable bonds is 6. The zero-order chi connectivity index (χ0) is 19.3. The number of halogens is 2. The van der Waals surface area contributed by atoms with Crippen LogP contribution in [0.2, 0.25) is 5.02 Å². The van der Waals surface area contributed by atoms with Gasteiger partial charge in [-0.15, -0.1) is 0 Å². The van der Waals surface area contributed by atoms with Crippen molar-refractivity contribution in [3.05, 3.63) is 58.9 Å². The predicted molar refractivity (Wildman–Crippen MR) is 93.0 cm³/mol. The molecule has 0 fully saturated rings. The standard InChI is InChI=1S/C16H14ClFN2O5S/c1-25-15(21)9-19-16(22)10-2-5-12(6-3-10)20-26(23,24)14-7-4-11(18)8-13(14)17/h2-8,20H,9H2,1H3,(H,19,22). The largest absolute Gasteiger partial charge is 0.468 e. The van der Waals surface area contributed by atoms with Crippen molar-refractivity contribution in [1.29, 1.82) is 0 Å². The van der Waals surface area contributed by atoms with Crippen LogP contribution in [-0.2, 0) is 19.6 Å². The third-order valence-electron chi connectivity index (χ3n) is 3.20. The van der Waals surface area contributed by atoms with E-state index in [9.17, 15) is 22.4 Å². The second-order valence-corrected chi connectivity index (χ2v) is 7.07. The highest BCUT2D eigenvalue weighted by Gasteiger charge is 2.18. The molecule has 0 aliphatic heterocycles. The number of carbonyl (C=O) groups is 2. The van der Waals surface area contributed by atoms with E-state index in [0.29, 0.717) is 0 Å². The van der Waals surface area contributed by atoms with E-state index in [-0.39, 0.29) is 27.7 Å². The van der Waals surface area contributed by atoms with Crippen molar-refractivity contribution >= 4 is 39.2 Å². The van der Waals surface area contributed by atoms with Gasteiger partial charge in [0.05, 0.1) is 12.1 Å². The van der Waals surface area contributed by atoms with E-state index in [0.717, 1.165) is 18.2 Å². The van der Waals surface area contributed by atoms with Gasteiger partial charge in [-0.05, 0) is 42.5 Å². The lowest BCUT2D eigenvalue weighted by atomic mass is 10.2. The highest BCUT2D eigenvalue weighted by atomic mass is 35.5. The van der Waals surface area contributed by atoms with E-state index in [2.05, 4.69) is 14.8 Å². The summed E-state index contributed by atoms with van der Waals surface area (Å²) in [5.74, 6) is -1.78. The number of nitrogens with one attached hydrogen (secondary N) is 2. The van der Waals surface area contributed by atoms with E-state index in [1.165, 1.54) is 31.4 Å². The van der Waals surface area contributed by atoms with Crippen LogP contribution in [0.15, 0.2) is 47.4 Å². The Morgan fingerprint density at radius 3 is 2.38 bits per heavy atom. The molecule has 7 nitrogen and oxygen atoms in total. The van der Waals surface area contributed by atoms with Crippen LogP contribution in [0.5, 0.6) is 0 Å². The molecule has 0 bridgehead atoms. The summed E-state index contributed by atoms with van der Waals surface area (Å²) in [5.41, 5.74) is 0.395. The second kappa shape index (κ2) is 8.15. The first-order valence-corrected chi connectivity index (χ1v) is 9.02. The summed E-state index contributed by atoms with van der Waals surface area (Å²) >= 11 is 5.77. The fraction of sp³-hybridized carbons (Fsp3) is 0.125. The number of anilines is 1. The Kier molecular flexibility index (Phi) is 6.17. The van der Waals surface area contributed by atoms with Gasteiger partial charge in [0.25, 0.3) is 15.9 Å². The molecule has 138 valence electrons. The number of amides is 1. The summed E-state index contributed by atoms with van der Waals surface area (Å²) in [6, 6.07) is 8.40. The molecule has 0 unspecified atom stereocenters. The smallest absolute Gasteiger partial charge is 0.325 e. The maximum absolute atomic E-state index is 13.1. The predicted octanol–water partition coefficient (Wildman–Crippen LogP) is 2.18. The summed E-state index contributed by atoms with van der Waals surface area (Å²) in [7, 11) is -2.83. The van der Waals surface area contributed by atoms with Crippen LogP contribution in [0.25, 0.3) is 0 Å². The van der Waals surface area contributed by atoms with Gasteiger partial charge in [-0.1, -0.05) is 11.6 Å². The van der Waals surface area contributed by atoms with Crippen molar-refractivity contribution in [2.45, 2.75) is 4.90 Å². The Balaban J connectivity index is 2.11. The average Bonchev–Trinajstić information content (AvgIpc) is 2.59. The van der Waals surface area contributed by atoms with Crippen LogP contribution in [0.4, 0.5) is 10.1 Å². The lowest BCUT2D eigenvalue weighted by molar-refractivity contribution is -0.139. The molecule has 1 amide bonds. The molecule has 0 heterocycles. The van der Waals surface area contributed by atoms with Gasteiger partial charge in [-0.25, -0.2) is 12.8 Å². The highest BCUT2D eigenvalue weighted by molar-refractivity contribution is 7.92. The topological polar surface area (TPSA) is 102 Å². The molecule has 0 aliphatic rings.